The first-order chi connectivity index (χ1) is 6.95. The van der Waals surface area contributed by atoms with Crippen molar-refractivity contribution in [2.24, 2.45) is 0 Å². The van der Waals surface area contributed by atoms with Crippen molar-refractivity contribution in [3.05, 3.63) is 42.0 Å². The van der Waals surface area contributed by atoms with E-state index in [1.807, 2.05) is 0 Å². The first kappa shape index (κ1) is 8.52. The van der Waals surface area contributed by atoms with E-state index in [9.17, 15) is 0 Å². The molecule has 0 fully saturated rings. The maximum atomic E-state index is 2.33. The Kier molecular flexibility index (Phi) is 2.08. The van der Waals surface area contributed by atoms with Gasteiger partial charge in [-0.3, -0.25) is 0 Å². The van der Waals surface area contributed by atoms with E-state index in [0.29, 0.717) is 15.0 Å². The average molecular weight is 247 g/mol. The molecule has 2 aromatic rings. The fourth-order valence-corrected chi connectivity index (χ4v) is 4.59. The molecule has 0 unspecified atom stereocenters. The predicted molar refractivity (Wildman–Crippen MR) is 62.5 cm³/mol. The van der Waals surface area contributed by atoms with E-state index in [0.717, 1.165) is 0 Å². The third kappa shape index (κ3) is 1.28. The predicted octanol–water partition coefficient (Wildman–Crippen LogP) is 2.53. The molecule has 0 bridgehead atoms. The van der Waals surface area contributed by atoms with E-state index in [1.165, 1.54) is 28.9 Å². The first-order valence-corrected chi connectivity index (χ1v) is 7.15. The van der Waals surface area contributed by atoms with Crippen molar-refractivity contribution in [1.82, 2.24) is 0 Å². The quantitative estimate of drug-likeness (QED) is 0.627. The number of fused-ring (bicyclic) bond motifs is 3. The van der Waals surface area contributed by atoms with Gasteiger partial charge >= 0.3 is 90.3 Å². The van der Waals surface area contributed by atoms with Crippen molar-refractivity contribution in [1.29, 1.82) is 0 Å². The molecule has 1 aliphatic heterocycles. The van der Waals surface area contributed by atoms with Gasteiger partial charge in [-0.2, -0.15) is 0 Å². The Morgan fingerprint density at radius 1 is 1.00 bits per heavy atom. The zero-order chi connectivity index (χ0) is 9.38. The van der Waals surface area contributed by atoms with Gasteiger partial charge in [-0.1, -0.05) is 0 Å². The third-order valence-electron chi connectivity index (χ3n) is 2.80. The Morgan fingerprint density at radius 3 is 2.93 bits per heavy atom. The molecule has 1 aliphatic rings. The van der Waals surface area contributed by atoms with Crippen LogP contribution in [0.4, 0.5) is 0 Å². The van der Waals surface area contributed by atoms with Gasteiger partial charge in [-0.05, 0) is 0 Å². The molecule has 0 nitrogen and oxygen atoms in total. The molecule has 2 aromatic carbocycles. The minimum atomic E-state index is 0.717. The summed E-state index contributed by atoms with van der Waals surface area (Å²) >= 11 is 0.717. The summed E-state index contributed by atoms with van der Waals surface area (Å²) in [7, 11) is 0. The van der Waals surface area contributed by atoms with Crippen molar-refractivity contribution in [2.75, 3.05) is 0 Å². The molecule has 70 valence electrons. The minimum absolute atomic E-state index is 0.717. The van der Waals surface area contributed by atoms with Crippen molar-refractivity contribution >= 4 is 30.2 Å². The van der Waals surface area contributed by atoms with E-state index in [1.54, 1.807) is 10.0 Å². The third-order valence-corrected chi connectivity index (χ3v) is 5.45. The number of hydrogen-bond acceptors (Lipinski definition) is 0. The van der Waals surface area contributed by atoms with Crippen LogP contribution >= 0.6 is 0 Å². The Bertz CT molecular complexity index is 474. The molecule has 0 saturated heterocycles. The van der Waals surface area contributed by atoms with E-state index >= 15 is 0 Å². The van der Waals surface area contributed by atoms with Crippen molar-refractivity contribution < 1.29 is 0 Å². The monoisotopic (exact) mass is 248 g/mol. The van der Waals surface area contributed by atoms with Gasteiger partial charge in [0, 0.05) is 0 Å². The second-order valence-electron chi connectivity index (χ2n) is 3.73. The summed E-state index contributed by atoms with van der Waals surface area (Å²) in [6, 6.07) is 13.4. The SMILES string of the molecule is c1ccc2c3c(ccc2c1)CCC[Se]3. The molecule has 3 rings (SSSR count). The van der Waals surface area contributed by atoms with Crippen molar-refractivity contribution in [3.8, 4) is 0 Å². The average Bonchev–Trinajstić information content (AvgIpc) is 2.29. The normalized spacial score (nSPS) is 15.4. The zero-order valence-corrected chi connectivity index (χ0v) is 9.71. The Labute approximate surface area is 90.5 Å². The maximum absolute atomic E-state index is 2.33. The van der Waals surface area contributed by atoms with Gasteiger partial charge in [-0.15, -0.1) is 0 Å². The van der Waals surface area contributed by atoms with Gasteiger partial charge in [0.15, 0.2) is 0 Å². The Morgan fingerprint density at radius 2 is 1.93 bits per heavy atom. The summed E-state index contributed by atoms with van der Waals surface area (Å²) in [6.45, 7) is 0. The van der Waals surface area contributed by atoms with Crippen LogP contribution in [0.5, 0.6) is 0 Å². The summed E-state index contributed by atoms with van der Waals surface area (Å²) in [4.78, 5) is 0. The van der Waals surface area contributed by atoms with Crippen LogP contribution in [0.3, 0.4) is 0 Å². The van der Waals surface area contributed by atoms with Crippen LogP contribution in [-0.4, -0.2) is 15.0 Å². The molecule has 1 heteroatoms. The molecule has 14 heavy (non-hydrogen) atoms. The molecular weight excluding hydrogens is 235 g/mol. The summed E-state index contributed by atoms with van der Waals surface area (Å²) in [6.07, 6.45) is 2.69. The Hall–Kier alpha value is -0.781. The summed E-state index contributed by atoms with van der Waals surface area (Å²) in [5.41, 5.74) is 1.61. The van der Waals surface area contributed by atoms with Gasteiger partial charge in [0.2, 0.25) is 0 Å². The summed E-state index contributed by atoms with van der Waals surface area (Å²) in [5.74, 6) is 0. The molecule has 0 atom stereocenters. The van der Waals surface area contributed by atoms with Crippen LogP contribution in [0.15, 0.2) is 36.4 Å². The van der Waals surface area contributed by atoms with E-state index < -0.39 is 0 Å². The van der Waals surface area contributed by atoms with Crippen LogP contribution < -0.4 is 4.46 Å². The van der Waals surface area contributed by atoms with Gasteiger partial charge < -0.3 is 0 Å². The number of benzene rings is 2. The topological polar surface area (TPSA) is 0 Å². The number of aryl methyl sites for hydroxylation is 1. The molecule has 0 aromatic heterocycles. The summed E-state index contributed by atoms with van der Waals surface area (Å²) < 4.78 is 1.67. The van der Waals surface area contributed by atoms with Gasteiger partial charge in [-0.25, -0.2) is 0 Å². The van der Waals surface area contributed by atoms with Crippen LogP contribution in [0.1, 0.15) is 12.0 Å². The van der Waals surface area contributed by atoms with Gasteiger partial charge in [0.1, 0.15) is 0 Å². The van der Waals surface area contributed by atoms with Crippen LogP contribution in [0, 0.1) is 0 Å². The fraction of sp³-hybridized carbons (Fsp3) is 0.231. The molecule has 0 spiro atoms. The summed E-state index contributed by atoms with van der Waals surface area (Å²) in [5, 5.41) is 4.34. The van der Waals surface area contributed by atoms with Crippen molar-refractivity contribution in [3.63, 3.8) is 0 Å². The Balaban J connectivity index is 2.34. The van der Waals surface area contributed by atoms with Gasteiger partial charge in [0.05, 0.1) is 0 Å². The molecule has 1 heterocycles. The van der Waals surface area contributed by atoms with Crippen LogP contribution in [0.2, 0.25) is 5.32 Å². The molecule has 0 saturated carbocycles. The molecular formula is C13H12Se. The molecule has 0 N–H and O–H groups in total. The zero-order valence-electron chi connectivity index (χ0n) is 7.99. The van der Waals surface area contributed by atoms with E-state index in [2.05, 4.69) is 36.4 Å². The van der Waals surface area contributed by atoms with Crippen molar-refractivity contribution in [2.45, 2.75) is 18.2 Å². The second kappa shape index (κ2) is 3.42. The first-order valence-electron chi connectivity index (χ1n) is 5.08. The molecule has 0 amide bonds. The standard InChI is InChI=1S/C13H12Se/c1-2-6-12-10(4-1)7-8-11-5-3-9-14-13(11)12/h1-2,4,6-8H,3,5,9H2. The number of rotatable bonds is 0. The van der Waals surface area contributed by atoms with Crippen LogP contribution in [-0.2, 0) is 6.42 Å². The van der Waals surface area contributed by atoms with E-state index in [-0.39, 0.29) is 0 Å². The van der Waals surface area contributed by atoms with Gasteiger partial charge in [0.25, 0.3) is 0 Å². The van der Waals surface area contributed by atoms with E-state index in [4.69, 9.17) is 0 Å². The molecule has 0 aliphatic carbocycles. The second-order valence-corrected chi connectivity index (χ2v) is 6.05. The molecule has 0 radical (unpaired) electrons. The fourth-order valence-electron chi connectivity index (χ4n) is 2.09. The van der Waals surface area contributed by atoms with Crippen LogP contribution in [0.25, 0.3) is 10.8 Å². The number of hydrogen-bond donors (Lipinski definition) is 0.